The molecule has 0 spiro atoms. The second-order valence-electron chi connectivity index (χ2n) is 3.96. The van der Waals surface area contributed by atoms with Gasteiger partial charge in [-0.2, -0.15) is 0 Å². The van der Waals surface area contributed by atoms with Gasteiger partial charge in [-0.3, -0.25) is 4.79 Å². The number of benzene rings is 1. The van der Waals surface area contributed by atoms with E-state index in [0.717, 1.165) is 23.2 Å². The van der Waals surface area contributed by atoms with E-state index in [2.05, 4.69) is 33.4 Å². The lowest BCUT2D eigenvalue weighted by Gasteiger charge is -2.15. The summed E-state index contributed by atoms with van der Waals surface area (Å²) in [6.07, 6.45) is 0.768. The van der Waals surface area contributed by atoms with Crippen molar-refractivity contribution in [1.29, 1.82) is 0 Å². The number of halogens is 1. The summed E-state index contributed by atoms with van der Waals surface area (Å²) in [6.45, 7) is 5.02. The Balaban J connectivity index is 2.41. The number of rotatable bonds is 8. The molecule has 0 bridgehead atoms. The van der Waals surface area contributed by atoms with E-state index in [9.17, 15) is 4.79 Å². The summed E-state index contributed by atoms with van der Waals surface area (Å²) in [7, 11) is 0. The van der Waals surface area contributed by atoms with Crippen LogP contribution in [0, 0.1) is 0 Å². The minimum atomic E-state index is -0.204. The highest BCUT2D eigenvalue weighted by atomic mass is 79.9. The molecule has 1 aromatic rings. The molecule has 0 heterocycles. The normalized spacial score (nSPS) is 12.2. The van der Waals surface area contributed by atoms with Gasteiger partial charge in [0.05, 0.1) is 6.61 Å². The van der Waals surface area contributed by atoms with Crippen molar-refractivity contribution >= 4 is 33.7 Å². The van der Waals surface area contributed by atoms with Gasteiger partial charge in [-0.25, -0.2) is 0 Å². The summed E-state index contributed by atoms with van der Waals surface area (Å²) in [5, 5.41) is 3.17. The Morgan fingerprint density at radius 1 is 1.47 bits per heavy atom. The quantitative estimate of drug-likeness (QED) is 0.578. The predicted octanol–water partition coefficient (Wildman–Crippen LogP) is 3.47. The first-order valence-corrected chi connectivity index (χ1v) is 8.23. The van der Waals surface area contributed by atoms with Crippen LogP contribution >= 0.6 is 27.7 Å². The molecule has 0 amide bonds. The number of hydrogen-bond donors (Lipinski definition) is 1. The van der Waals surface area contributed by atoms with Gasteiger partial charge in [-0.05, 0) is 38.1 Å². The molecule has 0 radical (unpaired) electrons. The first-order valence-electron chi connectivity index (χ1n) is 6.45. The minimum Gasteiger partial charge on any atom is -0.465 e. The maximum Gasteiger partial charge on any atom is 0.323 e. The van der Waals surface area contributed by atoms with Crippen LogP contribution in [-0.4, -0.2) is 30.9 Å². The van der Waals surface area contributed by atoms with E-state index in [1.54, 1.807) is 11.8 Å². The fraction of sp³-hybridized carbons (Fsp3) is 0.500. The highest BCUT2D eigenvalue weighted by Gasteiger charge is 2.17. The summed E-state index contributed by atoms with van der Waals surface area (Å²) >= 11 is 5.20. The predicted molar refractivity (Wildman–Crippen MR) is 83.6 cm³/mol. The molecule has 1 unspecified atom stereocenters. The van der Waals surface area contributed by atoms with Gasteiger partial charge in [0.1, 0.15) is 6.04 Å². The van der Waals surface area contributed by atoms with Gasteiger partial charge in [-0.1, -0.05) is 28.9 Å². The first-order chi connectivity index (χ1) is 9.17. The summed E-state index contributed by atoms with van der Waals surface area (Å²) in [5.74, 6) is 0.728. The van der Waals surface area contributed by atoms with Crippen LogP contribution in [0.4, 0.5) is 0 Å². The Labute approximate surface area is 127 Å². The lowest BCUT2D eigenvalue weighted by Crippen LogP contribution is -2.38. The van der Waals surface area contributed by atoms with Crippen molar-refractivity contribution in [3.8, 4) is 0 Å². The number of carbonyl (C=O) groups excluding carboxylic acids is 1. The van der Waals surface area contributed by atoms with Crippen LogP contribution in [-0.2, 0) is 9.53 Å². The Bertz CT molecular complexity index is 401. The van der Waals surface area contributed by atoms with Crippen molar-refractivity contribution in [1.82, 2.24) is 5.32 Å². The third-order valence-electron chi connectivity index (χ3n) is 2.49. The number of esters is 1. The number of carbonyl (C=O) groups is 1. The molecule has 3 nitrogen and oxygen atoms in total. The molecular weight excluding hydrogens is 326 g/mol. The standard InChI is InChI=1S/C14H20BrNO2S/c1-3-16-13(14(17)18-4-2)8-9-19-12-7-5-6-11(15)10-12/h5-7,10,13,16H,3-4,8-9H2,1-2H3. The van der Waals surface area contributed by atoms with E-state index in [1.807, 2.05) is 26.0 Å². The third-order valence-corrected chi connectivity index (χ3v) is 4.01. The van der Waals surface area contributed by atoms with Gasteiger partial charge in [0.25, 0.3) is 0 Å². The van der Waals surface area contributed by atoms with Crippen molar-refractivity contribution in [2.75, 3.05) is 18.9 Å². The Morgan fingerprint density at radius 2 is 2.26 bits per heavy atom. The van der Waals surface area contributed by atoms with Crippen LogP contribution in [0.15, 0.2) is 33.6 Å². The fourth-order valence-electron chi connectivity index (χ4n) is 1.64. The van der Waals surface area contributed by atoms with Gasteiger partial charge in [0.2, 0.25) is 0 Å². The SMILES string of the molecule is CCNC(CCSc1cccc(Br)c1)C(=O)OCC. The fourth-order valence-corrected chi connectivity index (χ4v) is 3.17. The van der Waals surface area contributed by atoms with Crippen LogP contribution in [0.1, 0.15) is 20.3 Å². The van der Waals surface area contributed by atoms with E-state index in [1.165, 1.54) is 4.90 Å². The van der Waals surface area contributed by atoms with E-state index in [-0.39, 0.29) is 12.0 Å². The van der Waals surface area contributed by atoms with Crippen LogP contribution in [0.3, 0.4) is 0 Å². The molecule has 1 rings (SSSR count). The van der Waals surface area contributed by atoms with Crippen molar-refractivity contribution in [2.45, 2.75) is 31.2 Å². The van der Waals surface area contributed by atoms with Gasteiger partial charge in [-0.15, -0.1) is 11.8 Å². The van der Waals surface area contributed by atoms with Crippen LogP contribution < -0.4 is 5.32 Å². The molecule has 0 saturated heterocycles. The topological polar surface area (TPSA) is 38.3 Å². The van der Waals surface area contributed by atoms with Gasteiger partial charge in [0.15, 0.2) is 0 Å². The second kappa shape index (κ2) is 9.39. The number of nitrogens with one attached hydrogen (secondary N) is 1. The minimum absolute atomic E-state index is 0.154. The zero-order chi connectivity index (χ0) is 14.1. The first kappa shape index (κ1) is 16.5. The van der Waals surface area contributed by atoms with E-state index in [4.69, 9.17) is 4.74 Å². The van der Waals surface area contributed by atoms with Crippen molar-refractivity contribution in [3.63, 3.8) is 0 Å². The van der Waals surface area contributed by atoms with E-state index < -0.39 is 0 Å². The molecular formula is C14H20BrNO2S. The molecule has 1 N–H and O–H groups in total. The van der Waals surface area contributed by atoms with Gasteiger partial charge < -0.3 is 10.1 Å². The summed E-state index contributed by atoms with van der Waals surface area (Å²) in [5.41, 5.74) is 0. The number of ether oxygens (including phenoxy) is 1. The molecule has 0 aliphatic rings. The molecule has 0 aliphatic heterocycles. The second-order valence-corrected chi connectivity index (χ2v) is 6.04. The van der Waals surface area contributed by atoms with Crippen LogP contribution in [0.2, 0.25) is 0 Å². The monoisotopic (exact) mass is 345 g/mol. The molecule has 0 fully saturated rings. The van der Waals surface area contributed by atoms with E-state index in [0.29, 0.717) is 6.61 Å². The summed E-state index contributed by atoms with van der Waals surface area (Å²) in [6, 6.07) is 7.97. The molecule has 0 aliphatic carbocycles. The summed E-state index contributed by atoms with van der Waals surface area (Å²) in [4.78, 5) is 12.9. The Kier molecular flexibility index (Phi) is 8.18. The zero-order valence-electron chi connectivity index (χ0n) is 11.3. The largest absolute Gasteiger partial charge is 0.465 e. The van der Waals surface area contributed by atoms with Gasteiger partial charge in [0, 0.05) is 15.1 Å². The average molecular weight is 346 g/mol. The molecule has 0 saturated carbocycles. The average Bonchev–Trinajstić information content (AvgIpc) is 2.38. The molecule has 5 heteroatoms. The van der Waals surface area contributed by atoms with Crippen molar-refractivity contribution in [2.24, 2.45) is 0 Å². The van der Waals surface area contributed by atoms with Crippen LogP contribution in [0.25, 0.3) is 0 Å². The van der Waals surface area contributed by atoms with Gasteiger partial charge >= 0.3 is 5.97 Å². The lowest BCUT2D eigenvalue weighted by molar-refractivity contribution is -0.145. The smallest absolute Gasteiger partial charge is 0.323 e. The maximum absolute atomic E-state index is 11.7. The molecule has 1 atom stereocenters. The highest BCUT2D eigenvalue weighted by molar-refractivity contribution is 9.10. The van der Waals surface area contributed by atoms with Crippen molar-refractivity contribution in [3.05, 3.63) is 28.7 Å². The maximum atomic E-state index is 11.7. The molecule has 0 aromatic heterocycles. The third kappa shape index (κ3) is 6.45. The van der Waals surface area contributed by atoms with Crippen molar-refractivity contribution < 1.29 is 9.53 Å². The van der Waals surface area contributed by atoms with Crippen LogP contribution in [0.5, 0.6) is 0 Å². The zero-order valence-corrected chi connectivity index (χ0v) is 13.7. The Hall–Kier alpha value is -0.520. The summed E-state index contributed by atoms with van der Waals surface area (Å²) < 4.78 is 6.14. The molecule has 106 valence electrons. The Morgan fingerprint density at radius 3 is 2.89 bits per heavy atom. The number of hydrogen-bond acceptors (Lipinski definition) is 4. The molecule has 1 aromatic carbocycles. The van der Waals surface area contributed by atoms with E-state index >= 15 is 0 Å². The highest BCUT2D eigenvalue weighted by Crippen LogP contribution is 2.22. The lowest BCUT2D eigenvalue weighted by atomic mass is 10.2. The molecule has 19 heavy (non-hydrogen) atoms. The number of likely N-dealkylation sites (N-methyl/N-ethyl adjacent to an activating group) is 1. The number of thioether (sulfide) groups is 1.